The molecule has 1 fully saturated rings. The maximum Gasteiger partial charge on any atom is -0.0443 e. The van der Waals surface area contributed by atoms with Gasteiger partial charge in [0.05, 0.1) is 0 Å². The zero-order valence-electron chi connectivity index (χ0n) is 10.6. The van der Waals surface area contributed by atoms with Gasteiger partial charge in [-0.15, -0.1) is 0 Å². The molecule has 0 nitrogen and oxygen atoms in total. The van der Waals surface area contributed by atoms with E-state index < -0.39 is 0 Å². The smallest absolute Gasteiger partial charge is 0.0443 e. The van der Waals surface area contributed by atoms with Gasteiger partial charge in [0.15, 0.2) is 0 Å². The average molecular weight is 238 g/mol. The molecule has 0 N–H and O–H groups in total. The van der Waals surface area contributed by atoms with E-state index in [1.54, 1.807) is 0 Å². The Morgan fingerprint density at radius 1 is 0.647 bits per heavy atom. The van der Waals surface area contributed by atoms with Crippen LogP contribution in [-0.4, -0.2) is 0 Å². The first kappa shape index (κ1) is 21.5. The highest BCUT2D eigenvalue weighted by atomic mass is 14.1. The summed E-state index contributed by atoms with van der Waals surface area (Å²) in [5.41, 5.74) is 0. The highest BCUT2D eigenvalue weighted by molar-refractivity contribution is 4.99. The quantitative estimate of drug-likeness (QED) is 0.479. The fourth-order valence-electron chi connectivity index (χ4n) is 1.69. The van der Waals surface area contributed by atoms with Crippen molar-refractivity contribution in [2.45, 2.75) is 67.7 Å². The summed E-state index contributed by atoms with van der Waals surface area (Å²) in [6.07, 6.45) is 7.44. The molecule has 1 saturated carbocycles. The van der Waals surface area contributed by atoms with Gasteiger partial charge in [0, 0.05) is 0 Å². The van der Waals surface area contributed by atoms with Crippen LogP contribution in [0.3, 0.4) is 0 Å². The van der Waals surface area contributed by atoms with Crippen LogP contribution in [0.2, 0.25) is 0 Å². The molecule has 0 unspecified atom stereocenters. The van der Waals surface area contributed by atoms with Crippen LogP contribution in [0, 0.1) is 5.92 Å². The summed E-state index contributed by atoms with van der Waals surface area (Å²) in [4.78, 5) is 0. The zero-order chi connectivity index (χ0) is 11.4. The first-order valence-corrected chi connectivity index (χ1v) is 6.39. The number of hydrogen-bond acceptors (Lipinski definition) is 0. The third-order valence-electron chi connectivity index (χ3n) is 2.56. The van der Waals surface area contributed by atoms with Gasteiger partial charge in [-0.05, 0) is 5.92 Å². The van der Waals surface area contributed by atoms with Crippen molar-refractivity contribution in [1.82, 2.24) is 0 Å². The standard InChI is InChI=1S/C7H14.C6H6.C2H6.2CH4/c1-7-5-3-2-4-6-7;1-2-4-6-5-3-1;1-2;;/h7H,2-6H2,1H3;1-6H;1-2H3;2*1H4. The molecule has 2 rings (SSSR count). The van der Waals surface area contributed by atoms with Gasteiger partial charge in [0.1, 0.15) is 0 Å². The van der Waals surface area contributed by atoms with Crippen LogP contribution in [0.1, 0.15) is 67.7 Å². The van der Waals surface area contributed by atoms with Crippen LogP contribution in [0.25, 0.3) is 0 Å². The first-order chi connectivity index (χ1) is 7.39. The van der Waals surface area contributed by atoms with E-state index in [0.717, 1.165) is 5.92 Å². The lowest BCUT2D eigenvalue weighted by molar-refractivity contribution is 0.385. The average Bonchev–Trinajstić information content (AvgIpc) is 2.36. The maximum atomic E-state index is 2.36. The molecular formula is C17H34. The molecule has 1 aliphatic carbocycles. The highest BCUT2D eigenvalue weighted by Crippen LogP contribution is 2.22. The van der Waals surface area contributed by atoms with Gasteiger partial charge in [0.25, 0.3) is 0 Å². The molecule has 0 heterocycles. The van der Waals surface area contributed by atoms with Gasteiger partial charge < -0.3 is 0 Å². The second kappa shape index (κ2) is 17.6. The van der Waals surface area contributed by atoms with Crippen molar-refractivity contribution in [3.63, 3.8) is 0 Å². The van der Waals surface area contributed by atoms with Gasteiger partial charge in [-0.3, -0.25) is 0 Å². The minimum absolute atomic E-state index is 0. The van der Waals surface area contributed by atoms with E-state index in [1.165, 1.54) is 32.1 Å². The van der Waals surface area contributed by atoms with Gasteiger partial charge in [-0.1, -0.05) is 104 Å². The molecule has 0 atom stereocenters. The molecule has 0 amide bonds. The SMILES string of the molecule is C.C.CC.CC1CCCCC1.c1ccccc1. The molecule has 0 spiro atoms. The largest absolute Gasteiger partial charge is 0.0776 e. The number of benzene rings is 1. The molecule has 0 bridgehead atoms. The molecule has 1 aliphatic rings. The Bertz CT molecular complexity index is 158. The second-order valence-corrected chi connectivity index (χ2v) is 3.90. The lowest BCUT2D eigenvalue weighted by Gasteiger charge is -2.15. The van der Waals surface area contributed by atoms with E-state index in [1.807, 2.05) is 50.2 Å². The second-order valence-electron chi connectivity index (χ2n) is 3.90. The Labute approximate surface area is 110 Å². The predicted molar refractivity (Wildman–Crippen MR) is 83.5 cm³/mol. The van der Waals surface area contributed by atoms with Crippen LogP contribution in [0.15, 0.2) is 36.4 Å². The van der Waals surface area contributed by atoms with E-state index in [-0.39, 0.29) is 14.9 Å². The van der Waals surface area contributed by atoms with Gasteiger partial charge in [-0.25, -0.2) is 0 Å². The Morgan fingerprint density at radius 2 is 0.941 bits per heavy atom. The molecule has 0 aromatic heterocycles. The zero-order valence-corrected chi connectivity index (χ0v) is 10.6. The third kappa shape index (κ3) is 15.2. The van der Waals surface area contributed by atoms with E-state index >= 15 is 0 Å². The van der Waals surface area contributed by atoms with E-state index in [2.05, 4.69) is 6.92 Å². The van der Waals surface area contributed by atoms with E-state index in [0.29, 0.717) is 0 Å². The highest BCUT2D eigenvalue weighted by Gasteiger charge is 2.05. The molecule has 1 aromatic carbocycles. The monoisotopic (exact) mass is 238 g/mol. The number of rotatable bonds is 0. The normalized spacial score (nSPS) is 13.6. The van der Waals surface area contributed by atoms with Crippen LogP contribution >= 0.6 is 0 Å². The molecular weight excluding hydrogens is 204 g/mol. The van der Waals surface area contributed by atoms with Crippen molar-refractivity contribution in [3.05, 3.63) is 36.4 Å². The summed E-state index contributed by atoms with van der Waals surface area (Å²) in [5, 5.41) is 0. The Kier molecular flexibility index (Phi) is 22.3. The van der Waals surface area contributed by atoms with Gasteiger partial charge in [-0.2, -0.15) is 0 Å². The summed E-state index contributed by atoms with van der Waals surface area (Å²) < 4.78 is 0. The third-order valence-corrected chi connectivity index (χ3v) is 2.56. The summed E-state index contributed by atoms with van der Waals surface area (Å²) in [5.74, 6) is 1.04. The van der Waals surface area contributed by atoms with Crippen LogP contribution < -0.4 is 0 Å². The van der Waals surface area contributed by atoms with Crippen molar-refractivity contribution in [2.75, 3.05) is 0 Å². The van der Waals surface area contributed by atoms with Gasteiger partial charge in [0.2, 0.25) is 0 Å². The molecule has 102 valence electrons. The predicted octanol–water partition coefficient (Wildman–Crippen LogP) is 6.57. The summed E-state index contributed by atoms with van der Waals surface area (Å²) >= 11 is 0. The number of hydrogen-bond donors (Lipinski definition) is 0. The Hall–Kier alpha value is -0.780. The van der Waals surface area contributed by atoms with Gasteiger partial charge >= 0.3 is 0 Å². The minimum Gasteiger partial charge on any atom is -0.0776 e. The molecule has 0 heteroatoms. The molecule has 0 saturated heterocycles. The molecule has 0 aliphatic heterocycles. The van der Waals surface area contributed by atoms with Crippen molar-refractivity contribution in [1.29, 1.82) is 0 Å². The molecule has 17 heavy (non-hydrogen) atoms. The topological polar surface area (TPSA) is 0 Å². The minimum atomic E-state index is 0. The van der Waals surface area contributed by atoms with Crippen molar-refractivity contribution in [2.24, 2.45) is 5.92 Å². The van der Waals surface area contributed by atoms with Crippen molar-refractivity contribution in [3.8, 4) is 0 Å². The van der Waals surface area contributed by atoms with Crippen molar-refractivity contribution < 1.29 is 0 Å². The summed E-state index contributed by atoms with van der Waals surface area (Å²) in [6.45, 7) is 6.36. The fourth-order valence-corrected chi connectivity index (χ4v) is 1.69. The molecule has 0 radical (unpaired) electrons. The summed E-state index contributed by atoms with van der Waals surface area (Å²) in [6, 6.07) is 12.0. The van der Waals surface area contributed by atoms with E-state index in [4.69, 9.17) is 0 Å². The molecule has 1 aromatic rings. The van der Waals surface area contributed by atoms with Crippen LogP contribution in [-0.2, 0) is 0 Å². The fraction of sp³-hybridized carbons (Fsp3) is 0.647. The maximum absolute atomic E-state index is 2.36. The first-order valence-electron chi connectivity index (χ1n) is 6.39. The van der Waals surface area contributed by atoms with E-state index in [9.17, 15) is 0 Å². The van der Waals surface area contributed by atoms with Crippen LogP contribution in [0.5, 0.6) is 0 Å². The van der Waals surface area contributed by atoms with Crippen molar-refractivity contribution >= 4 is 0 Å². The Morgan fingerprint density at radius 3 is 1.12 bits per heavy atom. The summed E-state index contributed by atoms with van der Waals surface area (Å²) in [7, 11) is 0. The lowest BCUT2D eigenvalue weighted by atomic mass is 9.91. The lowest BCUT2D eigenvalue weighted by Crippen LogP contribution is -1.99. The Balaban J connectivity index is -0.000000184. The van der Waals surface area contributed by atoms with Crippen LogP contribution in [0.4, 0.5) is 0 Å².